The Hall–Kier alpha value is -1.94. The molecule has 1 aromatic carbocycles. The van der Waals surface area contributed by atoms with Crippen molar-refractivity contribution in [1.29, 1.82) is 0 Å². The molecule has 0 radical (unpaired) electrons. The number of carbonyl (C=O) groups excluding carboxylic acids is 1. The molecule has 0 spiro atoms. The lowest BCUT2D eigenvalue weighted by Gasteiger charge is -2.28. The van der Waals surface area contributed by atoms with Crippen LogP contribution in [0.15, 0.2) is 24.3 Å². The van der Waals surface area contributed by atoms with Gasteiger partial charge in [-0.15, -0.1) is 0 Å². The zero-order valence-corrected chi connectivity index (χ0v) is 14.4. The fourth-order valence-electron chi connectivity index (χ4n) is 3.66. The molecule has 1 saturated heterocycles. The lowest BCUT2D eigenvalue weighted by Crippen LogP contribution is -2.46. The first-order valence-corrected chi connectivity index (χ1v) is 9.05. The summed E-state index contributed by atoms with van der Waals surface area (Å²) in [7, 11) is 0. The molecule has 1 aliphatic carbocycles. The molecule has 1 saturated carbocycles. The van der Waals surface area contributed by atoms with Gasteiger partial charge in [-0.2, -0.15) is 0 Å². The Morgan fingerprint density at radius 3 is 2.83 bits per heavy atom. The molecule has 24 heavy (non-hydrogen) atoms. The molecule has 2 heterocycles. The Morgan fingerprint density at radius 1 is 1.25 bits per heavy atom. The first-order valence-electron chi connectivity index (χ1n) is 9.05. The summed E-state index contributed by atoms with van der Waals surface area (Å²) in [6.07, 6.45) is 4.37. The van der Waals surface area contributed by atoms with Gasteiger partial charge >= 0.3 is 0 Å². The third-order valence-electron chi connectivity index (χ3n) is 5.18. The molecule has 2 N–H and O–H groups in total. The largest absolute Gasteiger partial charge is 0.349 e. The maximum absolute atomic E-state index is 13.0. The maximum Gasteiger partial charge on any atom is 0.252 e. The highest BCUT2D eigenvalue weighted by Crippen LogP contribution is 2.40. The van der Waals surface area contributed by atoms with Crippen molar-refractivity contribution >= 4 is 16.8 Å². The molecule has 4 nitrogen and oxygen atoms in total. The van der Waals surface area contributed by atoms with Crippen molar-refractivity contribution < 1.29 is 4.79 Å². The molecule has 2 unspecified atom stereocenters. The molecule has 2 aromatic rings. The third-order valence-corrected chi connectivity index (χ3v) is 5.18. The van der Waals surface area contributed by atoms with Crippen LogP contribution in [0.1, 0.15) is 60.1 Å². The number of benzene rings is 1. The molecular formula is C20H25N3O. The van der Waals surface area contributed by atoms with Crippen LogP contribution in [-0.4, -0.2) is 29.5 Å². The second-order valence-electron chi connectivity index (χ2n) is 7.44. The topological polar surface area (TPSA) is 54.0 Å². The first kappa shape index (κ1) is 15.6. The van der Waals surface area contributed by atoms with Crippen molar-refractivity contribution in [2.45, 2.75) is 57.5 Å². The number of pyridine rings is 1. The van der Waals surface area contributed by atoms with Crippen molar-refractivity contribution in [3.63, 3.8) is 0 Å². The summed E-state index contributed by atoms with van der Waals surface area (Å²) in [6, 6.07) is 8.94. The molecule has 2 fully saturated rings. The van der Waals surface area contributed by atoms with Crippen molar-refractivity contribution in [2.24, 2.45) is 0 Å². The van der Waals surface area contributed by atoms with Gasteiger partial charge in [0.15, 0.2) is 0 Å². The van der Waals surface area contributed by atoms with Crippen molar-refractivity contribution in [1.82, 2.24) is 15.6 Å². The number of piperidine rings is 1. The molecule has 126 valence electrons. The molecular weight excluding hydrogens is 298 g/mol. The fourth-order valence-corrected chi connectivity index (χ4v) is 3.66. The highest BCUT2D eigenvalue weighted by molar-refractivity contribution is 6.06. The zero-order valence-electron chi connectivity index (χ0n) is 14.4. The van der Waals surface area contributed by atoms with E-state index in [2.05, 4.69) is 36.6 Å². The Balaban J connectivity index is 1.68. The van der Waals surface area contributed by atoms with Gasteiger partial charge in [-0.3, -0.25) is 9.78 Å². The van der Waals surface area contributed by atoms with Gasteiger partial charge in [0.05, 0.1) is 11.1 Å². The highest BCUT2D eigenvalue weighted by atomic mass is 16.1. The van der Waals surface area contributed by atoms with E-state index in [9.17, 15) is 4.79 Å². The number of amides is 1. The molecule has 0 bridgehead atoms. The molecule has 4 heteroatoms. The number of nitrogens with zero attached hydrogens (tertiary/aromatic N) is 1. The lowest BCUT2D eigenvalue weighted by atomic mass is 9.99. The summed E-state index contributed by atoms with van der Waals surface area (Å²) in [5, 5.41) is 7.66. The van der Waals surface area contributed by atoms with E-state index in [-0.39, 0.29) is 11.9 Å². The summed E-state index contributed by atoms with van der Waals surface area (Å²) in [5.74, 6) is 0.593. The van der Waals surface area contributed by atoms with Gasteiger partial charge in [0.25, 0.3) is 5.91 Å². The second kappa shape index (κ2) is 6.17. The average Bonchev–Trinajstić information content (AvgIpc) is 3.38. The average molecular weight is 323 g/mol. The van der Waals surface area contributed by atoms with Crippen LogP contribution in [-0.2, 0) is 0 Å². The summed E-state index contributed by atoms with van der Waals surface area (Å²) in [6.45, 7) is 5.20. The van der Waals surface area contributed by atoms with Gasteiger partial charge in [-0.05, 0) is 64.3 Å². The minimum Gasteiger partial charge on any atom is -0.349 e. The van der Waals surface area contributed by atoms with Crippen LogP contribution in [0.5, 0.6) is 0 Å². The van der Waals surface area contributed by atoms with Gasteiger partial charge < -0.3 is 10.6 Å². The number of aromatic nitrogens is 1. The SMILES string of the molecule is Cc1ccc2nc(C3CC3)cc(C(=O)NC3CCNC(C)C3)c2c1. The normalized spacial score (nSPS) is 24.1. The number of aryl methyl sites for hydroxylation is 1. The summed E-state index contributed by atoms with van der Waals surface area (Å²) in [4.78, 5) is 17.8. The number of hydrogen-bond acceptors (Lipinski definition) is 3. The van der Waals surface area contributed by atoms with Crippen molar-refractivity contribution in [3.8, 4) is 0 Å². The minimum absolute atomic E-state index is 0.0500. The Morgan fingerprint density at radius 2 is 2.08 bits per heavy atom. The van der Waals surface area contributed by atoms with Crippen LogP contribution in [0.4, 0.5) is 0 Å². The number of fused-ring (bicyclic) bond motifs is 1. The van der Waals surface area contributed by atoms with Gasteiger partial charge in [-0.1, -0.05) is 11.6 Å². The van der Waals surface area contributed by atoms with Crippen LogP contribution in [0, 0.1) is 6.92 Å². The van der Waals surface area contributed by atoms with Crippen LogP contribution < -0.4 is 10.6 Å². The zero-order chi connectivity index (χ0) is 16.7. The van der Waals surface area contributed by atoms with E-state index in [0.29, 0.717) is 12.0 Å². The summed E-state index contributed by atoms with van der Waals surface area (Å²) < 4.78 is 0. The fraction of sp³-hybridized carbons (Fsp3) is 0.500. The van der Waals surface area contributed by atoms with Crippen LogP contribution in [0.25, 0.3) is 10.9 Å². The Kier molecular flexibility index (Phi) is 4.01. The molecule has 2 atom stereocenters. The van der Waals surface area contributed by atoms with E-state index in [1.165, 1.54) is 12.8 Å². The van der Waals surface area contributed by atoms with E-state index in [4.69, 9.17) is 4.98 Å². The predicted molar refractivity (Wildman–Crippen MR) is 96.4 cm³/mol. The summed E-state index contributed by atoms with van der Waals surface area (Å²) in [5.41, 5.74) is 3.97. The van der Waals surface area contributed by atoms with Gasteiger partial charge in [-0.25, -0.2) is 0 Å². The lowest BCUT2D eigenvalue weighted by molar-refractivity contribution is 0.0927. The van der Waals surface area contributed by atoms with E-state index >= 15 is 0 Å². The molecule has 1 aliphatic heterocycles. The van der Waals surface area contributed by atoms with Crippen molar-refractivity contribution in [3.05, 3.63) is 41.1 Å². The van der Waals surface area contributed by atoms with Crippen LogP contribution in [0.2, 0.25) is 0 Å². The minimum atomic E-state index is 0.0500. The molecule has 1 amide bonds. The predicted octanol–water partition coefficient (Wildman–Crippen LogP) is 3.29. The van der Waals surface area contributed by atoms with Gasteiger partial charge in [0, 0.05) is 29.1 Å². The van der Waals surface area contributed by atoms with E-state index in [0.717, 1.165) is 47.1 Å². The maximum atomic E-state index is 13.0. The molecule has 1 aromatic heterocycles. The number of hydrogen-bond donors (Lipinski definition) is 2. The van der Waals surface area contributed by atoms with Crippen LogP contribution >= 0.6 is 0 Å². The Labute approximate surface area is 143 Å². The standard InChI is InChI=1S/C20H25N3O/c1-12-3-6-18-16(9-12)17(11-19(23-18)14-4-5-14)20(24)22-15-7-8-21-13(2)10-15/h3,6,9,11,13-15,21H,4-5,7-8,10H2,1-2H3,(H,22,24). The Bertz CT molecular complexity index is 782. The van der Waals surface area contributed by atoms with Crippen LogP contribution in [0.3, 0.4) is 0 Å². The monoisotopic (exact) mass is 323 g/mol. The number of rotatable bonds is 3. The third kappa shape index (κ3) is 3.16. The van der Waals surface area contributed by atoms with E-state index in [1.807, 2.05) is 12.1 Å². The smallest absolute Gasteiger partial charge is 0.252 e. The number of carbonyl (C=O) groups is 1. The quantitative estimate of drug-likeness (QED) is 0.911. The summed E-state index contributed by atoms with van der Waals surface area (Å²) >= 11 is 0. The van der Waals surface area contributed by atoms with E-state index < -0.39 is 0 Å². The van der Waals surface area contributed by atoms with Crippen molar-refractivity contribution in [2.75, 3.05) is 6.54 Å². The molecule has 2 aliphatic rings. The molecule has 4 rings (SSSR count). The second-order valence-corrected chi connectivity index (χ2v) is 7.44. The first-order chi connectivity index (χ1) is 11.6. The number of nitrogens with one attached hydrogen (secondary N) is 2. The van der Waals surface area contributed by atoms with Gasteiger partial charge in [0.1, 0.15) is 0 Å². The van der Waals surface area contributed by atoms with Gasteiger partial charge in [0.2, 0.25) is 0 Å². The van der Waals surface area contributed by atoms with E-state index in [1.54, 1.807) is 0 Å². The highest BCUT2D eigenvalue weighted by Gasteiger charge is 2.28.